The van der Waals surface area contributed by atoms with E-state index in [9.17, 15) is 0 Å². The lowest BCUT2D eigenvalue weighted by atomic mass is 9.96. The molecule has 168 valence electrons. The van der Waals surface area contributed by atoms with Crippen molar-refractivity contribution in [1.29, 1.82) is 0 Å². The van der Waals surface area contributed by atoms with E-state index in [4.69, 9.17) is 0 Å². The van der Waals surface area contributed by atoms with Gasteiger partial charge in [-0.2, -0.15) is 0 Å². The Balaban J connectivity index is 2.15. The molecule has 0 nitrogen and oxygen atoms in total. The van der Waals surface area contributed by atoms with Crippen molar-refractivity contribution >= 4 is 16.7 Å². The zero-order valence-electron chi connectivity index (χ0n) is 20.7. The number of allylic oxidation sites excluding steroid dienone is 9. The Morgan fingerprint density at radius 3 is 2.22 bits per heavy atom. The predicted octanol–water partition coefficient (Wildman–Crippen LogP) is 9.99. The molecule has 0 heterocycles. The SMILES string of the molecule is C=C(/C=C(/C)c1ccccc1C)c1ccc(C(/C=C\C)=C/C=C(\C)CCCCCC)cc1. The van der Waals surface area contributed by atoms with Crippen LogP contribution >= 0.6 is 0 Å². The molecule has 32 heavy (non-hydrogen) atoms. The Hall–Kier alpha value is -2.86. The summed E-state index contributed by atoms with van der Waals surface area (Å²) in [7, 11) is 0. The summed E-state index contributed by atoms with van der Waals surface area (Å²) in [5.74, 6) is 0. The summed E-state index contributed by atoms with van der Waals surface area (Å²) in [6.45, 7) is 15.2. The van der Waals surface area contributed by atoms with Crippen LogP contribution in [0.15, 0.2) is 91.1 Å². The fourth-order valence-electron chi connectivity index (χ4n) is 3.89. The quantitative estimate of drug-likeness (QED) is 0.248. The van der Waals surface area contributed by atoms with Crippen LogP contribution in [0.4, 0.5) is 0 Å². The number of benzene rings is 2. The van der Waals surface area contributed by atoms with Crippen molar-refractivity contribution < 1.29 is 0 Å². The topological polar surface area (TPSA) is 0 Å². The summed E-state index contributed by atoms with van der Waals surface area (Å²) < 4.78 is 0. The lowest BCUT2D eigenvalue weighted by Crippen LogP contribution is -1.88. The molecule has 0 fully saturated rings. The zero-order chi connectivity index (χ0) is 23.3. The van der Waals surface area contributed by atoms with Crippen LogP contribution < -0.4 is 0 Å². The number of aryl methyl sites for hydroxylation is 1. The highest BCUT2D eigenvalue weighted by Crippen LogP contribution is 2.25. The Labute approximate surface area is 196 Å². The fourth-order valence-corrected chi connectivity index (χ4v) is 3.89. The summed E-state index contributed by atoms with van der Waals surface area (Å²) in [6.07, 6.45) is 17.4. The van der Waals surface area contributed by atoms with Gasteiger partial charge in [0.15, 0.2) is 0 Å². The average molecular weight is 425 g/mol. The molecule has 0 atom stereocenters. The lowest BCUT2D eigenvalue weighted by Gasteiger charge is -2.09. The molecule has 0 unspecified atom stereocenters. The van der Waals surface area contributed by atoms with Gasteiger partial charge in [-0.15, -0.1) is 0 Å². The molecule has 2 aromatic carbocycles. The lowest BCUT2D eigenvalue weighted by molar-refractivity contribution is 0.664. The third-order valence-corrected chi connectivity index (χ3v) is 5.87. The van der Waals surface area contributed by atoms with Crippen molar-refractivity contribution in [2.75, 3.05) is 0 Å². The molecule has 2 rings (SSSR count). The third kappa shape index (κ3) is 8.00. The minimum absolute atomic E-state index is 1.04. The molecule has 0 bridgehead atoms. The van der Waals surface area contributed by atoms with Gasteiger partial charge in [0.25, 0.3) is 0 Å². The Bertz CT molecular complexity index is 991. The summed E-state index contributed by atoms with van der Waals surface area (Å²) in [4.78, 5) is 0. The molecule has 0 aromatic heterocycles. The molecular formula is C32H40. The fraction of sp³-hybridized carbons (Fsp3) is 0.312. The van der Waals surface area contributed by atoms with E-state index in [1.54, 1.807) is 0 Å². The molecule has 0 saturated carbocycles. The number of unbranched alkanes of at least 4 members (excludes halogenated alkanes) is 3. The minimum atomic E-state index is 1.04. The smallest absolute Gasteiger partial charge is 0.0184 e. The number of hydrogen-bond donors (Lipinski definition) is 0. The van der Waals surface area contributed by atoms with Crippen LogP contribution in [-0.4, -0.2) is 0 Å². The van der Waals surface area contributed by atoms with Crippen molar-refractivity contribution in [3.63, 3.8) is 0 Å². The third-order valence-electron chi connectivity index (χ3n) is 5.87. The van der Waals surface area contributed by atoms with Crippen molar-refractivity contribution in [2.45, 2.75) is 66.7 Å². The van der Waals surface area contributed by atoms with Gasteiger partial charge in [-0.05, 0) is 79.5 Å². The van der Waals surface area contributed by atoms with Gasteiger partial charge in [-0.25, -0.2) is 0 Å². The van der Waals surface area contributed by atoms with Crippen LogP contribution in [0.2, 0.25) is 0 Å². The van der Waals surface area contributed by atoms with E-state index in [1.807, 2.05) is 0 Å². The molecule has 0 spiro atoms. The Morgan fingerprint density at radius 2 is 1.56 bits per heavy atom. The summed E-state index contributed by atoms with van der Waals surface area (Å²) in [5, 5.41) is 0. The van der Waals surface area contributed by atoms with Gasteiger partial charge in [0.1, 0.15) is 0 Å². The van der Waals surface area contributed by atoms with Gasteiger partial charge in [-0.3, -0.25) is 0 Å². The average Bonchev–Trinajstić information content (AvgIpc) is 2.79. The van der Waals surface area contributed by atoms with E-state index < -0.39 is 0 Å². The van der Waals surface area contributed by atoms with Crippen LogP contribution in [-0.2, 0) is 0 Å². The van der Waals surface area contributed by atoms with Crippen molar-refractivity contribution in [3.05, 3.63) is 113 Å². The molecule has 0 N–H and O–H groups in total. The van der Waals surface area contributed by atoms with Gasteiger partial charge in [-0.1, -0.05) is 117 Å². The van der Waals surface area contributed by atoms with Crippen molar-refractivity contribution in [2.24, 2.45) is 0 Å². The first-order valence-electron chi connectivity index (χ1n) is 12.0. The van der Waals surface area contributed by atoms with Crippen LogP contribution in [0.5, 0.6) is 0 Å². The molecule has 0 aliphatic rings. The second-order valence-electron chi connectivity index (χ2n) is 8.69. The summed E-state index contributed by atoms with van der Waals surface area (Å²) in [5.41, 5.74) is 9.93. The molecule has 2 aromatic rings. The maximum atomic E-state index is 4.32. The van der Waals surface area contributed by atoms with E-state index in [1.165, 1.54) is 65.5 Å². The van der Waals surface area contributed by atoms with Gasteiger partial charge in [0.05, 0.1) is 0 Å². The van der Waals surface area contributed by atoms with Crippen molar-refractivity contribution in [3.8, 4) is 0 Å². The number of rotatable bonds is 11. The second kappa shape index (κ2) is 13.5. The Kier molecular flexibility index (Phi) is 10.7. The molecule has 0 radical (unpaired) electrons. The Morgan fingerprint density at radius 1 is 0.875 bits per heavy atom. The first kappa shape index (κ1) is 25.4. The van der Waals surface area contributed by atoms with E-state index >= 15 is 0 Å². The highest BCUT2D eigenvalue weighted by atomic mass is 14.1. The van der Waals surface area contributed by atoms with E-state index in [-0.39, 0.29) is 0 Å². The maximum absolute atomic E-state index is 4.32. The molecule has 0 aliphatic heterocycles. The van der Waals surface area contributed by atoms with Gasteiger partial charge in [0.2, 0.25) is 0 Å². The minimum Gasteiger partial charge on any atom is -0.0911 e. The molecular weight excluding hydrogens is 384 g/mol. The van der Waals surface area contributed by atoms with E-state index in [0.717, 1.165) is 11.1 Å². The standard InChI is InChI=1S/C32H40/c1-7-9-10-11-15-25(3)18-19-30(14-8-2)31-22-20-29(21-23-31)27(5)24-28(6)32-17-13-12-16-26(32)4/h8,12-14,16-24H,5,7,9-11,15H2,1-4,6H3/b14-8-,25-18+,28-24-,30-19+. The van der Waals surface area contributed by atoms with Crippen LogP contribution in [0.3, 0.4) is 0 Å². The summed E-state index contributed by atoms with van der Waals surface area (Å²) in [6, 6.07) is 17.3. The summed E-state index contributed by atoms with van der Waals surface area (Å²) >= 11 is 0. The van der Waals surface area contributed by atoms with Gasteiger partial charge in [0, 0.05) is 0 Å². The zero-order valence-corrected chi connectivity index (χ0v) is 20.7. The van der Waals surface area contributed by atoms with Crippen LogP contribution in [0, 0.1) is 6.92 Å². The highest BCUT2D eigenvalue weighted by molar-refractivity contribution is 5.84. The second-order valence-corrected chi connectivity index (χ2v) is 8.69. The number of hydrogen-bond acceptors (Lipinski definition) is 0. The molecule has 0 heteroatoms. The first-order valence-corrected chi connectivity index (χ1v) is 12.0. The predicted molar refractivity (Wildman–Crippen MR) is 146 cm³/mol. The first-order chi connectivity index (χ1) is 15.5. The molecule has 0 saturated heterocycles. The maximum Gasteiger partial charge on any atom is -0.0184 e. The monoisotopic (exact) mass is 424 g/mol. The van der Waals surface area contributed by atoms with Crippen LogP contribution in [0.1, 0.15) is 82.1 Å². The van der Waals surface area contributed by atoms with Gasteiger partial charge < -0.3 is 0 Å². The molecule has 0 aliphatic carbocycles. The normalized spacial score (nSPS) is 13.1. The van der Waals surface area contributed by atoms with E-state index in [0.29, 0.717) is 0 Å². The largest absolute Gasteiger partial charge is 0.0911 e. The van der Waals surface area contributed by atoms with Gasteiger partial charge >= 0.3 is 0 Å². The van der Waals surface area contributed by atoms with Crippen molar-refractivity contribution in [1.82, 2.24) is 0 Å². The van der Waals surface area contributed by atoms with E-state index in [2.05, 4.69) is 120 Å². The molecule has 0 amide bonds. The van der Waals surface area contributed by atoms with Crippen LogP contribution in [0.25, 0.3) is 16.7 Å². The highest BCUT2D eigenvalue weighted by Gasteiger charge is 2.03.